The molecule has 0 fully saturated rings. The summed E-state index contributed by atoms with van der Waals surface area (Å²) in [4.78, 5) is 8.12. The Morgan fingerprint density at radius 3 is 2.56 bits per heavy atom. The summed E-state index contributed by atoms with van der Waals surface area (Å²) in [5.74, 6) is 0.227. The molecule has 18 heavy (non-hydrogen) atoms. The van der Waals surface area contributed by atoms with E-state index >= 15 is 0 Å². The summed E-state index contributed by atoms with van der Waals surface area (Å²) >= 11 is 0. The first kappa shape index (κ1) is 12.3. The Labute approximate surface area is 105 Å². The van der Waals surface area contributed by atoms with Crippen molar-refractivity contribution in [2.45, 2.75) is 13.0 Å². The van der Waals surface area contributed by atoms with Crippen molar-refractivity contribution >= 4 is 5.69 Å². The van der Waals surface area contributed by atoms with Crippen molar-refractivity contribution in [1.29, 1.82) is 0 Å². The summed E-state index contributed by atoms with van der Waals surface area (Å²) in [6.45, 7) is 1.95. The smallest absolute Gasteiger partial charge is 0.213 e. The Morgan fingerprint density at radius 2 is 2.00 bits per heavy atom. The molecule has 1 unspecified atom stereocenters. The summed E-state index contributed by atoms with van der Waals surface area (Å²) < 4.78 is 17.7. The molecule has 4 nitrogen and oxygen atoms in total. The first-order chi connectivity index (χ1) is 8.69. The van der Waals surface area contributed by atoms with E-state index in [9.17, 15) is 4.39 Å². The minimum absolute atomic E-state index is 0.0270. The summed E-state index contributed by atoms with van der Waals surface area (Å²) in [6.07, 6.45) is 2.89. The van der Waals surface area contributed by atoms with Crippen LogP contribution >= 0.6 is 0 Å². The van der Waals surface area contributed by atoms with Gasteiger partial charge < -0.3 is 10.1 Å². The lowest BCUT2D eigenvalue weighted by atomic mass is 10.2. The van der Waals surface area contributed by atoms with Crippen LogP contribution in [0.1, 0.15) is 18.7 Å². The molecule has 0 bridgehead atoms. The number of hydrogen-bond acceptors (Lipinski definition) is 4. The highest BCUT2D eigenvalue weighted by Crippen LogP contribution is 2.18. The molecule has 0 saturated heterocycles. The molecule has 5 heteroatoms. The SMILES string of the molecule is COc1ccc(NC(C)c2ccc(F)cn2)cn1. The van der Waals surface area contributed by atoms with Crippen LogP contribution in [0.25, 0.3) is 0 Å². The lowest BCUT2D eigenvalue weighted by molar-refractivity contribution is 0.398. The molecular formula is C13H14FN3O. The molecule has 2 aromatic rings. The molecule has 2 aromatic heterocycles. The number of halogens is 1. The lowest BCUT2D eigenvalue weighted by Gasteiger charge is -2.14. The van der Waals surface area contributed by atoms with Crippen LogP contribution in [-0.4, -0.2) is 17.1 Å². The summed E-state index contributed by atoms with van der Waals surface area (Å²) in [6, 6.07) is 6.66. The fourth-order valence-electron chi connectivity index (χ4n) is 1.55. The number of hydrogen-bond donors (Lipinski definition) is 1. The van der Waals surface area contributed by atoms with Crippen molar-refractivity contribution in [2.75, 3.05) is 12.4 Å². The van der Waals surface area contributed by atoms with Crippen molar-refractivity contribution in [3.63, 3.8) is 0 Å². The molecule has 2 rings (SSSR count). The highest BCUT2D eigenvalue weighted by molar-refractivity contribution is 5.43. The van der Waals surface area contributed by atoms with Crippen molar-refractivity contribution < 1.29 is 9.13 Å². The van der Waals surface area contributed by atoms with Crippen LogP contribution in [0.3, 0.4) is 0 Å². The second-order valence-electron chi connectivity index (χ2n) is 3.86. The van der Waals surface area contributed by atoms with Gasteiger partial charge in [-0.15, -0.1) is 0 Å². The predicted molar refractivity (Wildman–Crippen MR) is 67.0 cm³/mol. The fraction of sp³-hybridized carbons (Fsp3) is 0.231. The highest BCUT2D eigenvalue weighted by Gasteiger charge is 2.07. The summed E-state index contributed by atoms with van der Waals surface area (Å²) in [5, 5.41) is 3.23. The molecule has 0 aromatic carbocycles. The predicted octanol–water partition coefficient (Wildman–Crippen LogP) is 2.80. The second kappa shape index (κ2) is 5.44. The van der Waals surface area contributed by atoms with Crippen LogP contribution in [0.4, 0.5) is 10.1 Å². The van der Waals surface area contributed by atoms with Gasteiger partial charge in [0.05, 0.1) is 36.9 Å². The van der Waals surface area contributed by atoms with Gasteiger partial charge in [0.1, 0.15) is 5.82 Å². The molecule has 0 aliphatic carbocycles. The van der Waals surface area contributed by atoms with E-state index in [1.807, 2.05) is 13.0 Å². The number of nitrogens with one attached hydrogen (secondary N) is 1. The third kappa shape index (κ3) is 2.94. The van der Waals surface area contributed by atoms with E-state index in [0.29, 0.717) is 5.88 Å². The molecule has 94 valence electrons. The molecule has 0 amide bonds. The van der Waals surface area contributed by atoms with Gasteiger partial charge in [-0.1, -0.05) is 0 Å². The number of aromatic nitrogens is 2. The quantitative estimate of drug-likeness (QED) is 0.902. The topological polar surface area (TPSA) is 47.0 Å². The maximum atomic E-state index is 12.8. The van der Waals surface area contributed by atoms with Crippen molar-refractivity contribution in [1.82, 2.24) is 9.97 Å². The first-order valence-electron chi connectivity index (χ1n) is 5.57. The Balaban J connectivity index is 2.05. The van der Waals surface area contributed by atoms with Gasteiger partial charge in [0.2, 0.25) is 5.88 Å². The molecule has 0 spiro atoms. The largest absolute Gasteiger partial charge is 0.481 e. The average molecular weight is 247 g/mol. The van der Waals surface area contributed by atoms with Crippen LogP contribution in [0.5, 0.6) is 5.88 Å². The van der Waals surface area contributed by atoms with E-state index in [2.05, 4.69) is 15.3 Å². The van der Waals surface area contributed by atoms with Crippen LogP contribution in [0.2, 0.25) is 0 Å². The van der Waals surface area contributed by atoms with Crippen molar-refractivity contribution in [3.8, 4) is 5.88 Å². The first-order valence-corrected chi connectivity index (χ1v) is 5.57. The standard InChI is InChI=1S/C13H14FN3O/c1-9(12-5-3-10(14)7-15-12)17-11-4-6-13(18-2)16-8-11/h3-9,17H,1-2H3. The van der Waals surface area contributed by atoms with E-state index in [1.54, 1.807) is 25.4 Å². The van der Waals surface area contributed by atoms with Gasteiger partial charge in [0.25, 0.3) is 0 Å². The lowest BCUT2D eigenvalue weighted by Crippen LogP contribution is -2.08. The van der Waals surface area contributed by atoms with Crippen LogP contribution < -0.4 is 10.1 Å². The molecule has 1 N–H and O–H groups in total. The maximum Gasteiger partial charge on any atom is 0.213 e. The number of nitrogens with zero attached hydrogens (tertiary/aromatic N) is 2. The Kier molecular flexibility index (Phi) is 3.72. The van der Waals surface area contributed by atoms with Crippen LogP contribution in [-0.2, 0) is 0 Å². The number of ether oxygens (including phenoxy) is 1. The third-order valence-electron chi connectivity index (χ3n) is 2.52. The normalized spacial score (nSPS) is 11.9. The van der Waals surface area contributed by atoms with Gasteiger partial charge in [-0.2, -0.15) is 0 Å². The molecule has 0 aliphatic heterocycles. The number of rotatable bonds is 4. The van der Waals surface area contributed by atoms with E-state index < -0.39 is 0 Å². The van der Waals surface area contributed by atoms with E-state index in [4.69, 9.17) is 4.74 Å². The Morgan fingerprint density at radius 1 is 1.17 bits per heavy atom. The van der Waals surface area contributed by atoms with Crippen LogP contribution in [0, 0.1) is 5.82 Å². The zero-order chi connectivity index (χ0) is 13.0. The Hall–Kier alpha value is -2.17. The zero-order valence-corrected chi connectivity index (χ0v) is 10.2. The number of methoxy groups -OCH3 is 1. The molecule has 2 heterocycles. The molecule has 0 aliphatic rings. The fourth-order valence-corrected chi connectivity index (χ4v) is 1.55. The average Bonchev–Trinajstić information content (AvgIpc) is 2.40. The van der Waals surface area contributed by atoms with Crippen molar-refractivity contribution in [2.24, 2.45) is 0 Å². The molecular weight excluding hydrogens is 233 g/mol. The highest BCUT2D eigenvalue weighted by atomic mass is 19.1. The van der Waals surface area contributed by atoms with E-state index in [1.165, 1.54) is 12.3 Å². The second-order valence-corrected chi connectivity index (χ2v) is 3.86. The van der Waals surface area contributed by atoms with Gasteiger partial charge in [-0.25, -0.2) is 9.37 Å². The monoisotopic (exact) mass is 247 g/mol. The Bertz CT molecular complexity index is 499. The van der Waals surface area contributed by atoms with Crippen LogP contribution in [0.15, 0.2) is 36.7 Å². The molecule has 0 saturated carbocycles. The minimum Gasteiger partial charge on any atom is -0.481 e. The van der Waals surface area contributed by atoms with Gasteiger partial charge in [0, 0.05) is 6.07 Å². The number of anilines is 1. The third-order valence-corrected chi connectivity index (χ3v) is 2.52. The molecule has 0 radical (unpaired) electrons. The summed E-state index contributed by atoms with van der Waals surface area (Å²) in [7, 11) is 1.57. The summed E-state index contributed by atoms with van der Waals surface area (Å²) in [5.41, 5.74) is 1.63. The minimum atomic E-state index is -0.336. The van der Waals surface area contributed by atoms with E-state index in [0.717, 1.165) is 11.4 Å². The zero-order valence-electron chi connectivity index (χ0n) is 10.2. The maximum absolute atomic E-state index is 12.8. The van der Waals surface area contributed by atoms with Gasteiger partial charge in [0.15, 0.2) is 0 Å². The van der Waals surface area contributed by atoms with Crippen molar-refractivity contribution in [3.05, 3.63) is 48.2 Å². The molecule has 1 atom stereocenters. The van der Waals surface area contributed by atoms with Gasteiger partial charge in [-0.05, 0) is 25.1 Å². The number of pyridine rings is 2. The van der Waals surface area contributed by atoms with E-state index in [-0.39, 0.29) is 11.9 Å². The van der Waals surface area contributed by atoms with Gasteiger partial charge >= 0.3 is 0 Å². The van der Waals surface area contributed by atoms with Gasteiger partial charge in [-0.3, -0.25) is 4.98 Å².